The molecule has 0 aliphatic heterocycles. The lowest BCUT2D eigenvalue weighted by molar-refractivity contribution is 0.361. The second-order valence-corrected chi connectivity index (χ2v) is 4.50. The molecule has 0 aromatic carbocycles. The average Bonchev–Trinajstić information content (AvgIpc) is 2.25. The Bertz CT molecular complexity index is 178. The molecular weight excluding hydrogens is 168 g/mol. The molecule has 1 aliphatic carbocycles. The highest BCUT2D eigenvalue weighted by Crippen LogP contribution is 2.27. The molecule has 0 nitrogen and oxygen atoms in total. The predicted molar refractivity (Wildman–Crippen MR) is 64.3 cm³/mol. The van der Waals surface area contributed by atoms with E-state index in [1.165, 1.54) is 44.9 Å². The molecule has 1 aliphatic rings. The standard InChI is InChI=1S/C14H24/c1-3-5-9-13(4-2)12-14-10-7-6-8-11-14/h3,7,10,13-14H,1,4-6,8-9,11-12H2,2H3. The Morgan fingerprint density at radius 2 is 2.43 bits per heavy atom. The van der Waals surface area contributed by atoms with Crippen molar-refractivity contribution in [2.75, 3.05) is 0 Å². The third kappa shape index (κ3) is 4.13. The number of hydrogen-bond acceptors (Lipinski definition) is 0. The lowest BCUT2D eigenvalue weighted by Gasteiger charge is -2.22. The molecule has 0 saturated heterocycles. The summed E-state index contributed by atoms with van der Waals surface area (Å²) in [5, 5.41) is 0. The van der Waals surface area contributed by atoms with Crippen molar-refractivity contribution < 1.29 is 0 Å². The van der Waals surface area contributed by atoms with Crippen LogP contribution in [0, 0.1) is 11.8 Å². The molecule has 0 amide bonds. The third-order valence-electron chi connectivity index (χ3n) is 3.35. The number of hydrogen-bond donors (Lipinski definition) is 0. The second kappa shape index (κ2) is 6.86. The van der Waals surface area contributed by atoms with Gasteiger partial charge in [-0.2, -0.15) is 0 Å². The molecule has 0 bridgehead atoms. The molecule has 0 N–H and O–H groups in total. The van der Waals surface area contributed by atoms with Crippen molar-refractivity contribution in [3.8, 4) is 0 Å². The Morgan fingerprint density at radius 3 is 3.00 bits per heavy atom. The summed E-state index contributed by atoms with van der Waals surface area (Å²) in [7, 11) is 0. The van der Waals surface area contributed by atoms with Crippen LogP contribution in [0.15, 0.2) is 24.8 Å². The van der Waals surface area contributed by atoms with Gasteiger partial charge in [0.05, 0.1) is 0 Å². The van der Waals surface area contributed by atoms with E-state index in [1.807, 2.05) is 0 Å². The zero-order valence-electron chi connectivity index (χ0n) is 9.54. The maximum atomic E-state index is 3.80. The maximum absolute atomic E-state index is 3.80. The van der Waals surface area contributed by atoms with Gasteiger partial charge in [-0.25, -0.2) is 0 Å². The molecule has 0 aromatic rings. The van der Waals surface area contributed by atoms with Crippen LogP contribution in [0.5, 0.6) is 0 Å². The van der Waals surface area contributed by atoms with Crippen LogP contribution in [-0.4, -0.2) is 0 Å². The smallest absolute Gasteiger partial charge is 0.0231 e. The molecule has 14 heavy (non-hydrogen) atoms. The zero-order chi connectivity index (χ0) is 10.2. The van der Waals surface area contributed by atoms with Gasteiger partial charge in [0.25, 0.3) is 0 Å². The number of rotatable bonds is 6. The summed E-state index contributed by atoms with van der Waals surface area (Å²) in [6.07, 6.45) is 16.3. The van der Waals surface area contributed by atoms with Crippen LogP contribution in [0.4, 0.5) is 0 Å². The molecule has 0 heteroatoms. The van der Waals surface area contributed by atoms with Crippen molar-refractivity contribution >= 4 is 0 Å². The summed E-state index contributed by atoms with van der Waals surface area (Å²) in [6.45, 7) is 6.12. The monoisotopic (exact) mass is 192 g/mol. The average molecular weight is 192 g/mol. The predicted octanol–water partition coefficient (Wildman–Crippen LogP) is 4.73. The Balaban J connectivity index is 2.27. The van der Waals surface area contributed by atoms with Gasteiger partial charge in [0, 0.05) is 0 Å². The van der Waals surface area contributed by atoms with Gasteiger partial charge in [0.15, 0.2) is 0 Å². The molecule has 0 saturated carbocycles. The number of allylic oxidation sites excluding steroid dienone is 3. The first kappa shape index (κ1) is 11.6. The van der Waals surface area contributed by atoms with Gasteiger partial charge < -0.3 is 0 Å². The molecule has 0 radical (unpaired) electrons. The van der Waals surface area contributed by atoms with Crippen LogP contribution in [0.3, 0.4) is 0 Å². The van der Waals surface area contributed by atoms with E-state index in [2.05, 4.69) is 31.7 Å². The van der Waals surface area contributed by atoms with Crippen molar-refractivity contribution in [1.29, 1.82) is 0 Å². The van der Waals surface area contributed by atoms with Crippen molar-refractivity contribution in [3.63, 3.8) is 0 Å². The molecule has 1 rings (SSSR count). The van der Waals surface area contributed by atoms with Crippen molar-refractivity contribution in [2.45, 2.75) is 51.9 Å². The van der Waals surface area contributed by atoms with E-state index >= 15 is 0 Å². The van der Waals surface area contributed by atoms with Crippen LogP contribution in [0.2, 0.25) is 0 Å². The highest BCUT2D eigenvalue weighted by molar-refractivity contribution is 4.93. The largest absolute Gasteiger partial charge is 0.103 e. The minimum Gasteiger partial charge on any atom is -0.103 e. The highest BCUT2D eigenvalue weighted by atomic mass is 14.2. The lowest BCUT2D eigenvalue weighted by Crippen LogP contribution is -2.08. The molecule has 0 aromatic heterocycles. The van der Waals surface area contributed by atoms with Gasteiger partial charge in [-0.1, -0.05) is 31.6 Å². The van der Waals surface area contributed by atoms with Gasteiger partial charge in [-0.15, -0.1) is 6.58 Å². The molecule has 0 spiro atoms. The summed E-state index contributed by atoms with van der Waals surface area (Å²) in [5.74, 6) is 1.79. The summed E-state index contributed by atoms with van der Waals surface area (Å²) in [5.41, 5.74) is 0. The fourth-order valence-corrected chi connectivity index (χ4v) is 2.35. The second-order valence-electron chi connectivity index (χ2n) is 4.50. The molecule has 80 valence electrons. The van der Waals surface area contributed by atoms with Crippen molar-refractivity contribution in [1.82, 2.24) is 0 Å². The highest BCUT2D eigenvalue weighted by Gasteiger charge is 2.13. The van der Waals surface area contributed by atoms with E-state index in [-0.39, 0.29) is 0 Å². The topological polar surface area (TPSA) is 0 Å². The molecule has 0 heterocycles. The first-order valence-corrected chi connectivity index (χ1v) is 6.14. The Labute approximate surface area is 89.1 Å². The van der Waals surface area contributed by atoms with Gasteiger partial charge in [0.2, 0.25) is 0 Å². The quantitative estimate of drug-likeness (QED) is 0.534. The van der Waals surface area contributed by atoms with E-state index in [0.717, 1.165) is 11.8 Å². The fraction of sp³-hybridized carbons (Fsp3) is 0.714. The zero-order valence-corrected chi connectivity index (χ0v) is 9.54. The van der Waals surface area contributed by atoms with Gasteiger partial charge in [-0.3, -0.25) is 0 Å². The fourth-order valence-electron chi connectivity index (χ4n) is 2.35. The lowest BCUT2D eigenvalue weighted by atomic mass is 9.84. The Hall–Kier alpha value is -0.520. The van der Waals surface area contributed by atoms with Crippen LogP contribution >= 0.6 is 0 Å². The van der Waals surface area contributed by atoms with E-state index in [1.54, 1.807) is 0 Å². The van der Waals surface area contributed by atoms with Crippen molar-refractivity contribution in [3.05, 3.63) is 24.8 Å². The van der Waals surface area contributed by atoms with E-state index in [9.17, 15) is 0 Å². The van der Waals surface area contributed by atoms with Crippen LogP contribution in [0.1, 0.15) is 51.9 Å². The molecule has 2 atom stereocenters. The van der Waals surface area contributed by atoms with Gasteiger partial charge >= 0.3 is 0 Å². The minimum atomic E-state index is 0.874. The summed E-state index contributed by atoms with van der Waals surface area (Å²) >= 11 is 0. The van der Waals surface area contributed by atoms with Crippen LogP contribution < -0.4 is 0 Å². The molecular formula is C14H24. The third-order valence-corrected chi connectivity index (χ3v) is 3.35. The summed E-state index contributed by atoms with van der Waals surface area (Å²) < 4.78 is 0. The molecule has 2 unspecified atom stereocenters. The summed E-state index contributed by atoms with van der Waals surface area (Å²) in [4.78, 5) is 0. The SMILES string of the molecule is C=CCCC(CC)CC1C=CCCC1. The first-order chi connectivity index (χ1) is 6.86. The van der Waals surface area contributed by atoms with Gasteiger partial charge in [-0.05, 0) is 50.4 Å². The summed E-state index contributed by atoms with van der Waals surface area (Å²) in [6, 6.07) is 0. The van der Waals surface area contributed by atoms with E-state index in [4.69, 9.17) is 0 Å². The molecule has 0 fully saturated rings. The maximum Gasteiger partial charge on any atom is -0.0231 e. The minimum absolute atomic E-state index is 0.874. The van der Waals surface area contributed by atoms with Crippen LogP contribution in [0.25, 0.3) is 0 Å². The van der Waals surface area contributed by atoms with Gasteiger partial charge in [0.1, 0.15) is 0 Å². The van der Waals surface area contributed by atoms with E-state index in [0.29, 0.717) is 0 Å². The Kier molecular flexibility index (Phi) is 5.66. The van der Waals surface area contributed by atoms with Crippen LogP contribution in [-0.2, 0) is 0 Å². The van der Waals surface area contributed by atoms with Crippen molar-refractivity contribution in [2.24, 2.45) is 11.8 Å². The van der Waals surface area contributed by atoms with E-state index < -0.39 is 0 Å². The Morgan fingerprint density at radius 1 is 1.57 bits per heavy atom. The normalized spacial score (nSPS) is 23.4. The first-order valence-electron chi connectivity index (χ1n) is 6.14.